The summed E-state index contributed by atoms with van der Waals surface area (Å²) in [5.41, 5.74) is 0.870. The van der Waals surface area contributed by atoms with E-state index in [-0.39, 0.29) is 6.10 Å². The Kier molecular flexibility index (Phi) is 5.07. The molecular weight excluding hydrogens is 244 g/mol. The Morgan fingerprint density at radius 1 is 1.53 bits per heavy atom. The van der Waals surface area contributed by atoms with Crippen LogP contribution in [0.1, 0.15) is 24.5 Å². The van der Waals surface area contributed by atoms with Crippen LogP contribution in [0.15, 0.2) is 6.07 Å². The van der Waals surface area contributed by atoms with Gasteiger partial charge in [-0.1, -0.05) is 6.92 Å². The van der Waals surface area contributed by atoms with Gasteiger partial charge in [-0.2, -0.15) is 0 Å². The summed E-state index contributed by atoms with van der Waals surface area (Å²) in [5.74, 6) is 1.53. The first-order chi connectivity index (χ1) is 9.26. The van der Waals surface area contributed by atoms with Gasteiger partial charge in [0.05, 0.1) is 18.9 Å². The predicted molar refractivity (Wildman–Crippen MR) is 73.1 cm³/mol. The number of hydrogen-bond acceptors (Lipinski definition) is 6. The van der Waals surface area contributed by atoms with Gasteiger partial charge in [0.1, 0.15) is 11.9 Å². The molecule has 0 bridgehead atoms. The third kappa shape index (κ3) is 3.62. The van der Waals surface area contributed by atoms with E-state index in [9.17, 15) is 0 Å². The highest BCUT2D eigenvalue weighted by molar-refractivity contribution is 5.35. The summed E-state index contributed by atoms with van der Waals surface area (Å²) in [7, 11) is 3.51. The number of ether oxygens (including phenoxy) is 2. The Morgan fingerprint density at radius 2 is 2.37 bits per heavy atom. The standard InChI is InChI=1S/C13H22N4O2/c1-4-17-5-6-19-11(8-17)13-15-10(9-18-3)7-12(14-2)16-13/h7,11H,4-6,8-9H2,1-3H3,(H,14,15,16). The van der Waals surface area contributed by atoms with Gasteiger partial charge < -0.3 is 14.8 Å². The molecule has 106 valence electrons. The van der Waals surface area contributed by atoms with Crippen molar-refractivity contribution in [3.05, 3.63) is 17.6 Å². The van der Waals surface area contributed by atoms with Crippen LogP contribution < -0.4 is 5.32 Å². The first-order valence-electron chi connectivity index (χ1n) is 6.65. The SMILES string of the molecule is CCN1CCOC(c2nc(COC)cc(NC)n2)C1. The van der Waals surface area contributed by atoms with E-state index in [4.69, 9.17) is 9.47 Å². The van der Waals surface area contributed by atoms with E-state index in [1.165, 1.54) is 0 Å². The molecule has 0 radical (unpaired) electrons. The summed E-state index contributed by atoms with van der Waals surface area (Å²) in [6.07, 6.45) is -0.0578. The molecule has 0 aromatic carbocycles. The molecule has 1 N–H and O–H groups in total. The third-order valence-corrected chi connectivity index (χ3v) is 3.23. The zero-order valence-electron chi connectivity index (χ0n) is 11.8. The number of aromatic nitrogens is 2. The van der Waals surface area contributed by atoms with Crippen molar-refractivity contribution >= 4 is 5.82 Å². The van der Waals surface area contributed by atoms with Crippen LogP contribution in [0.2, 0.25) is 0 Å². The highest BCUT2D eigenvalue weighted by Crippen LogP contribution is 2.21. The van der Waals surface area contributed by atoms with Crippen molar-refractivity contribution in [3.63, 3.8) is 0 Å². The second-order valence-corrected chi connectivity index (χ2v) is 4.54. The van der Waals surface area contributed by atoms with Crippen LogP contribution in [0.4, 0.5) is 5.82 Å². The monoisotopic (exact) mass is 266 g/mol. The number of anilines is 1. The fraction of sp³-hybridized carbons (Fsp3) is 0.692. The van der Waals surface area contributed by atoms with Crippen molar-refractivity contribution in [2.24, 2.45) is 0 Å². The second-order valence-electron chi connectivity index (χ2n) is 4.54. The minimum absolute atomic E-state index is 0.0578. The topological polar surface area (TPSA) is 59.5 Å². The second kappa shape index (κ2) is 6.79. The van der Waals surface area contributed by atoms with E-state index in [0.29, 0.717) is 6.61 Å². The molecule has 1 fully saturated rings. The Balaban J connectivity index is 2.19. The van der Waals surface area contributed by atoms with E-state index in [1.54, 1.807) is 7.11 Å². The van der Waals surface area contributed by atoms with Gasteiger partial charge in [-0.3, -0.25) is 4.90 Å². The van der Waals surface area contributed by atoms with Crippen molar-refractivity contribution in [3.8, 4) is 0 Å². The van der Waals surface area contributed by atoms with Gasteiger partial charge >= 0.3 is 0 Å². The molecule has 1 aliphatic heterocycles. The molecule has 0 aliphatic carbocycles. The Labute approximate surface area is 114 Å². The molecule has 6 heteroatoms. The molecule has 1 aromatic heterocycles. The number of likely N-dealkylation sites (N-methyl/N-ethyl adjacent to an activating group) is 1. The average molecular weight is 266 g/mol. The van der Waals surface area contributed by atoms with E-state index in [0.717, 1.165) is 43.6 Å². The summed E-state index contributed by atoms with van der Waals surface area (Å²) < 4.78 is 10.9. The molecule has 19 heavy (non-hydrogen) atoms. The highest BCUT2D eigenvalue weighted by Gasteiger charge is 2.24. The molecular formula is C13H22N4O2. The molecule has 2 rings (SSSR count). The number of methoxy groups -OCH3 is 1. The molecule has 1 aromatic rings. The van der Waals surface area contributed by atoms with Crippen molar-refractivity contribution < 1.29 is 9.47 Å². The van der Waals surface area contributed by atoms with Gasteiger partial charge in [-0.05, 0) is 6.54 Å². The third-order valence-electron chi connectivity index (χ3n) is 3.23. The number of rotatable bonds is 5. The molecule has 0 saturated carbocycles. The lowest BCUT2D eigenvalue weighted by molar-refractivity contribution is -0.0327. The van der Waals surface area contributed by atoms with E-state index in [2.05, 4.69) is 27.1 Å². The molecule has 1 aliphatic rings. The molecule has 0 amide bonds. The maximum atomic E-state index is 5.79. The lowest BCUT2D eigenvalue weighted by Gasteiger charge is -2.31. The summed E-state index contributed by atoms with van der Waals surface area (Å²) in [5, 5.41) is 3.05. The minimum Gasteiger partial charge on any atom is -0.378 e. The quantitative estimate of drug-likeness (QED) is 0.860. The first-order valence-corrected chi connectivity index (χ1v) is 6.65. The van der Waals surface area contributed by atoms with Gasteiger partial charge in [0.15, 0.2) is 5.82 Å². The summed E-state index contributed by atoms with van der Waals surface area (Å²) >= 11 is 0. The fourth-order valence-corrected chi connectivity index (χ4v) is 2.16. The maximum Gasteiger partial charge on any atom is 0.161 e. The maximum absolute atomic E-state index is 5.79. The van der Waals surface area contributed by atoms with E-state index >= 15 is 0 Å². The van der Waals surface area contributed by atoms with Crippen LogP contribution in [0.5, 0.6) is 0 Å². The number of nitrogens with one attached hydrogen (secondary N) is 1. The number of morpholine rings is 1. The molecule has 1 atom stereocenters. The Hall–Kier alpha value is -1.24. The molecule has 1 saturated heterocycles. The number of hydrogen-bond donors (Lipinski definition) is 1. The van der Waals surface area contributed by atoms with Gasteiger partial charge in [0.25, 0.3) is 0 Å². The van der Waals surface area contributed by atoms with Crippen molar-refractivity contribution in [2.75, 3.05) is 45.7 Å². The average Bonchev–Trinajstić information content (AvgIpc) is 2.47. The first kappa shape index (κ1) is 14.2. The van der Waals surface area contributed by atoms with Crippen LogP contribution >= 0.6 is 0 Å². The van der Waals surface area contributed by atoms with Gasteiger partial charge in [0, 0.05) is 33.3 Å². The van der Waals surface area contributed by atoms with Crippen LogP contribution in [0.25, 0.3) is 0 Å². The normalized spacial score (nSPS) is 20.5. The fourth-order valence-electron chi connectivity index (χ4n) is 2.16. The summed E-state index contributed by atoms with van der Waals surface area (Å²) in [4.78, 5) is 11.4. The van der Waals surface area contributed by atoms with Crippen LogP contribution in [0, 0.1) is 0 Å². The summed E-state index contributed by atoms with van der Waals surface area (Å²) in [6, 6.07) is 1.90. The molecule has 2 heterocycles. The predicted octanol–water partition coefficient (Wildman–Crippen LogP) is 1.06. The van der Waals surface area contributed by atoms with Crippen molar-refractivity contribution in [2.45, 2.75) is 19.6 Å². The highest BCUT2D eigenvalue weighted by atomic mass is 16.5. The van der Waals surface area contributed by atoms with Crippen molar-refractivity contribution in [1.29, 1.82) is 0 Å². The number of nitrogens with zero attached hydrogens (tertiary/aromatic N) is 3. The summed E-state index contributed by atoms with van der Waals surface area (Å²) in [6.45, 7) is 6.21. The van der Waals surface area contributed by atoms with Gasteiger partial charge in [-0.15, -0.1) is 0 Å². The zero-order chi connectivity index (χ0) is 13.7. The minimum atomic E-state index is -0.0578. The molecule has 6 nitrogen and oxygen atoms in total. The molecule has 0 spiro atoms. The Bertz CT molecular complexity index is 414. The van der Waals surface area contributed by atoms with Gasteiger partial charge in [-0.25, -0.2) is 9.97 Å². The Morgan fingerprint density at radius 3 is 3.05 bits per heavy atom. The molecule has 1 unspecified atom stereocenters. The van der Waals surface area contributed by atoms with E-state index in [1.807, 2.05) is 13.1 Å². The largest absolute Gasteiger partial charge is 0.378 e. The van der Waals surface area contributed by atoms with Crippen molar-refractivity contribution in [1.82, 2.24) is 14.9 Å². The lowest BCUT2D eigenvalue weighted by Crippen LogP contribution is -2.38. The van der Waals surface area contributed by atoms with E-state index < -0.39 is 0 Å². The van der Waals surface area contributed by atoms with Crippen LogP contribution in [-0.2, 0) is 16.1 Å². The van der Waals surface area contributed by atoms with Crippen LogP contribution in [-0.4, -0.2) is 55.3 Å². The zero-order valence-corrected chi connectivity index (χ0v) is 11.8. The van der Waals surface area contributed by atoms with Crippen LogP contribution in [0.3, 0.4) is 0 Å². The smallest absolute Gasteiger partial charge is 0.161 e. The lowest BCUT2D eigenvalue weighted by atomic mass is 10.2. The van der Waals surface area contributed by atoms with Gasteiger partial charge in [0.2, 0.25) is 0 Å².